The second-order valence-corrected chi connectivity index (χ2v) is 15.9. The minimum Gasteiger partial charge on any atom is -0.507 e. The van der Waals surface area contributed by atoms with Gasteiger partial charge >= 0.3 is 0 Å². The number of phenols is 2. The quantitative estimate of drug-likeness (QED) is 0.0969. The van der Waals surface area contributed by atoms with E-state index >= 15 is 0 Å². The van der Waals surface area contributed by atoms with E-state index in [0.717, 1.165) is 11.1 Å². The normalized spacial score (nSPS) is 18.7. The van der Waals surface area contributed by atoms with Crippen molar-refractivity contribution in [1.82, 2.24) is 31.1 Å². The first-order valence-electron chi connectivity index (χ1n) is 20.0. The van der Waals surface area contributed by atoms with Crippen LogP contribution in [0.15, 0.2) is 84.9 Å². The molecule has 5 amide bonds. The van der Waals surface area contributed by atoms with Crippen LogP contribution in [0, 0.1) is 0 Å². The van der Waals surface area contributed by atoms with Crippen molar-refractivity contribution >= 4 is 41.1 Å². The van der Waals surface area contributed by atoms with Crippen LogP contribution in [-0.4, -0.2) is 113 Å². The van der Waals surface area contributed by atoms with E-state index in [2.05, 4.69) is 21.3 Å². The van der Waals surface area contributed by atoms with Gasteiger partial charge in [-0.2, -0.15) is 0 Å². The van der Waals surface area contributed by atoms with E-state index in [1.54, 1.807) is 62.6 Å². The van der Waals surface area contributed by atoms with Crippen molar-refractivity contribution in [2.45, 2.75) is 76.0 Å². The van der Waals surface area contributed by atoms with Crippen LogP contribution in [0.1, 0.15) is 60.6 Å². The van der Waals surface area contributed by atoms with Gasteiger partial charge in [-0.1, -0.05) is 48.0 Å². The number of phenolic OH excluding ortho intramolecular Hbond substituents is 2. The second-order valence-electron chi connectivity index (χ2n) is 15.5. The number of rotatable bonds is 12. The molecule has 4 bridgehead atoms. The fourth-order valence-electron chi connectivity index (χ4n) is 7.20. The summed E-state index contributed by atoms with van der Waals surface area (Å²) in [4.78, 5) is 71.5. The van der Waals surface area contributed by atoms with Crippen LogP contribution in [0.4, 0.5) is 0 Å². The predicted molar refractivity (Wildman–Crippen MR) is 232 cm³/mol. The molecule has 324 valence electrons. The summed E-state index contributed by atoms with van der Waals surface area (Å²) in [5.41, 5.74) is 8.92. The zero-order chi connectivity index (χ0) is 44.5. The Bertz CT molecular complexity index is 2220. The summed E-state index contributed by atoms with van der Waals surface area (Å²) in [6, 6.07) is 17.4. The number of carbonyl (C=O) groups excluding carboxylic acids is 5. The third kappa shape index (κ3) is 11.4. The van der Waals surface area contributed by atoms with Crippen molar-refractivity contribution in [3.8, 4) is 33.8 Å². The molecule has 61 heavy (non-hydrogen) atoms. The smallest absolute Gasteiger partial charge is 0.251 e. The summed E-state index contributed by atoms with van der Waals surface area (Å²) in [5.74, 6) is -3.27. The van der Waals surface area contributed by atoms with Crippen molar-refractivity contribution in [3.05, 3.63) is 107 Å². The van der Waals surface area contributed by atoms with Crippen LogP contribution in [-0.2, 0) is 25.6 Å². The van der Waals surface area contributed by atoms with E-state index < -0.39 is 60.1 Å². The molecule has 0 aliphatic carbocycles. The Morgan fingerprint density at radius 2 is 1.46 bits per heavy atom. The molecule has 0 saturated carbocycles. The van der Waals surface area contributed by atoms with Crippen LogP contribution >= 0.6 is 11.6 Å². The largest absolute Gasteiger partial charge is 0.507 e. The van der Waals surface area contributed by atoms with Gasteiger partial charge in [0.05, 0.1) is 12.1 Å². The van der Waals surface area contributed by atoms with Gasteiger partial charge < -0.3 is 46.8 Å². The number of hydrogen-bond acceptors (Lipinski definition) is 10. The Kier molecular flexibility index (Phi) is 15.5. The first-order chi connectivity index (χ1) is 29.0. The van der Waals surface area contributed by atoms with E-state index in [0.29, 0.717) is 35.5 Å². The van der Waals surface area contributed by atoms with Crippen LogP contribution in [0.25, 0.3) is 22.3 Å². The maximum absolute atomic E-state index is 14.6. The molecular formula is C45H54ClN7O8. The average molecular weight is 856 g/mol. The third-order valence-corrected chi connectivity index (χ3v) is 10.9. The van der Waals surface area contributed by atoms with Crippen molar-refractivity contribution in [1.29, 1.82) is 0 Å². The number of nitrogens with one attached hydrogen (secondary N) is 4. The molecule has 6 atom stereocenters. The molecule has 0 fully saturated rings. The minimum absolute atomic E-state index is 0.0240. The molecule has 1 aliphatic heterocycles. The third-order valence-electron chi connectivity index (χ3n) is 10.7. The molecule has 5 rings (SSSR count). The molecule has 15 nitrogen and oxygen atoms in total. The molecule has 0 spiro atoms. The Balaban J connectivity index is 1.49. The van der Waals surface area contributed by atoms with Gasteiger partial charge in [-0.3, -0.25) is 29.3 Å². The van der Waals surface area contributed by atoms with Gasteiger partial charge in [-0.25, -0.2) is 0 Å². The zero-order valence-corrected chi connectivity index (χ0v) is 35.6. The molecule has 1 unspecified atom stereocenters. The molecule has 1 aliphatic rings. The number of nitrogens with two attached hydrogens (primary N) is 1. The number of aliphatic hydroxyl groups is 1. The first-order valence-corrected chi connectivity index (χ1v) is 20.4. The molecule has 4 aromatic carbocycles. The van der Waals surface area contributed by atoms with E-state index in [4.69, 9.17) is 17.3 Å². The summed E-state index contributed by atoms with van der Waals surface area (Å²) in [6.45, 7) is 3.40. The lowest BCUT2D eigenvalue weighted by Crippen LogP contribution is -2.59. The van der Waals surface area contributed by atoms with Gasteiger partial charge in [0.1, 0.15) is 35.9 Å². The summed E-state index contributed by atoms with van der Waals surface area (Å²) in [5, 5.41) is 45.4. The highest BCUT2D eigenvalue weighted by molar-refractivity contribution is 6.30. The molecule has 0 radical (unpaired) electrons. The Morgan fingerprint density at radius 1 is 0.852 bits per heavy atom. The van der Waals surface area contributed by atoms with Crippen LogP contribution < -0.4 is 27.0 Å². The topological polar surface area (TPSA) is 227 Å². The molecular weight excluding hydrogens is 802 g/mol. The number of halogens is 1. The number of unbranched alkanes of at least 4 members (excludes halogenated alkanes) is 1. The number of amides is 5. The Hall–Kier alpha value is -6.00. The number of carbonyl (C=O) groups is 5. The molecule has 1 heterocycles. The van der Waals surface area contributed by atoms with Gasteiger partial charge in [0, 0.05) is 42.9 Å². The Morgan fingerprint density at radius 3 is 2.08 bits per heavy atom. The van der Waals surface area contributed by atoms with Gasteiger partial charge in [-0.05, 0) is 117 Å². The van der Waals surface area contributed by atoms with Crippen LogP contribution in [0.2, 0.25) is 5.02 Å². The molecule has 16 heteroatoms. The number of nitrogens with zero attached hydrogens (tertiary/aromatic N) is 2. The van der Waals surface area contributed by atoms with Crippen LogP contribution in [0.5, 0.6) is 11.5 Å². The highest BCUT2D eigenvalue weighted by atomic mass is 35.5. The fraction of sp³-hybridized carbons (Fsp3) is 0.356. The SMILES string of the molecule is C[C@H](NC(=O)[C@@H]1Cc2ccc(O)c(c2)-c2cc(ccc2O)[C@H](N(C)C(=O)[C@H](CCCCN)NC(=O)c2ccc(-c3ccc(Cl)cc3)cc2)C(=O)N[C@@H](C)C(O)N1)C(=O)N(C)C. The van der Waals surface area contributed by atoms with Crippen molar-refractivity contribution in [2.24, 2.45) is 5.73 Å². The number of aliphatic hydroxyl groups excluding tert-OH is 1. The van der Waals surface area contributed by atoms with Gasteiger partial charge in [-0.15, -0.1) is 0 Å². The lowest BCUT2D eigenvalue weighted by molar-refractivity contribution is -0.141. The number of aromatic hydroxyl groups is 2. The van der Waals surface area contributed by atoms with E-state index in [-0.39, 0.29) is 46.9 Å². The number of likely N-dealkylation sites (N-methyl/N-ethyl adjacent to an activating group) is 2. The zero-order valence-electron chi connectivity index (χ0n) is 34.8. The van der Waals surface area contributed by atoms with Gasteiger partial charge in [0.25, 0.3) is 5.91 Å². The first kappa shape index (κ1) is 46.1. The standard InChI is InChI=1S/C45H54ClN7O8/c1-25-40(56)51-36(42(58)49-26(2)44(60)52(3)4)23-27-9-19-37(54)33(22-27)34-24-31(16-20-38(34)55)39(43(59)48-25)53(5)45(61)35(8-6-7-21-47)50-41(57)30-12-10-28(11-13-30)29-14-17-32(46)18-15-29/h9-20,22,24-26,35-36,39-40,51,54-56H,6-8,21,23,47H2,1-5H3,(H,48,59)(H,49,58)(H,50,57)/t25-,26-,35-,36-,39-,40?/m0/s1. The predicted octanol–water partition coefficient (Wildman–Crippen LogP) is 3.44. The highest BCUT2D eigenvalue weighted by Crippen LogP contribution is 2.39. The van der Waals surface area contributed by atoms with E-state index in [1.807, 2.05) is 12.1 Å². The number of hydrogen-bond donors (Lipinski definition) is 8. The lowest BCUT2D eigenvalue weighted by atomic mass is 9.93. The number of benzene rings is 4. The van der Waals surface area contributed by atoms with Crippen LogP contribution in [0.3, 0.4) is 0 Å². The maximum Gasteiger partial charge on any atom is 0.251 e. The van der Waals surface area contributed by atoms with E-state index in [9.17, 15) is 39.3 Å². The van der Waals surface area contributed by atoms with Crippen molar-refractivity contribution < 1.29 is 39.3 Å². The van der Waals surface area contributed by atoms with E-state index in [1.165, 1.54) is 55.0 Å². The fourth-order valence-corrected chi connectivity index (χ4v) is 7.32. The summed E-state index contributed by atoms with van der Waals surface area (Å²) in [7, 11) is 4.53. The maximum atomic E-state index is 14.6. The van der Waals surface area contributed by atoms with Crippen molar-refractivity contribution in [2.75, 3.05) is 27.7 Å². The van der Waals surface area contributed by atoms with Gasteiger partial charge in [0.15, 0.2) is 0 Å². The summed E-state index contributed by atoms with van der Waals surface area (Å²) < 4.78 is 0. The Labute approximate surface area is 360 Å². The van der Waals surface area contributed by atoms with Gasteiger partial charge in [0.2, 0.25) is 23.6 Å². The summed E-state index contributed by atoms with van der Waals surface area (Å²) in [6.07, 6.45) is -0.279. The minimum atomic E-state index is -1.51. The lowest BCUT2D eigenvalue weighted by Gasteiger charge is -2.34. The molecule has 0 saturated heterocycles. The molecule has 9 N–H and O–H groups in total. The monoisotopic (exact) mass is 855 g/mol. The number of fused-ring (bicyclic) bond motifs is 5. The van der Waals surface area contributed by atoms with Crippen molar-refractivity contribution in [3.63, 3.8) is 0 Å². The summed E-state index contributed by atoms with van der Waals surface area (Å²) >= 11 is 6.05. The average Bonchev–Trinajstić information content (AvgIpc) is 3.23. The molecule has 0 aromatic heterocycles. The highest BCUT2D eigenvalue weighted by Gasteiger charge is 2.36. The second kappa shape index (κ2) is 20.5. The molecule has 4 aromatic rings.